The zero-order chi connectivity index (χ0) is 21.8. The fourth-order valence-corrected chi connectivity index (χ4v) is 4.21. The number of benzene rings is 3. The summed E-state index contributed by atoms with van der Waals surface area (Å²) in [6.07, 6.45) is 1.76. The van der Waals surface area contributed by atoms with Crippen molar-refractivity contribution in [3.05, 3.63) is 107 Å². The molecule has 0 amide bonds. The van der Waals surface area contributed by atoms with E-state index in [2.05, 4.69) is 5.10 Å². The molecule has 0 aliphatic rings. The summed E-state index contributed by atoms with van der Waals surface area (Å²) in [6, 6.07) is 23.5. The highest BCUT2D eigenvalue weighted by atomic mass is 32.2. The summed E-state index contributed by atoms with van der Waals surface area (Å²) >= 11 is 3.91. The molecule has 7 heteroatoms. The highest BCUT2D eigenvalue weighted by molar-refractivity contribution is 7.78. The van der Waals surface area contributed by atoms with Crippen LogP contribution in [-0.2, 0) is 23.4 Å². The van der Waals surface area contributed by atoms with E-state index < -0.39 is 11.1 Å². The molecule has 4 nitrogen and oxygen atoms in total. The molecule has 1 heterocycles. The van der Waals surface area contributed by atoms with Gasteiger partial charge < -0.3 is 4.55 Å². The summed E-state index contributed by atoms with van der Waals surface area (Å²) in [5.41, 5.74) is 5.11. The Hall–Kier alpha value is -3.00. The van der Waals surface area contributed by atoms with Crippen molar-refractivity contribution in [2.45, 2.75) is 12.3 Å². The van der Waals surface area contributed by atoms with Crippen molar-refractivity contribution >= 4 is 23.3 Å². The quantitative estimate of drug-likeness (QED) is 0.295. The average Bonchev–Trinajstić information content (AvgIpc) is 2.77. The second-order valence-electron chi connectivity index (χ2n) is 7.05. The standard InChI is InChI=1S/C24H19FN2O2S2/c25-21-12-10-20(11-13-21)23-22(19-8-6-18(7-9-19)16-31(28)29)14-26-27(24(23)30)15-17-4-2-1-3-5-17/h1-14H,15-16H2,(H,28,29). The van der Waals surface area contributed by atoms with E-state index in [-0.39, 0.29) is 11.6 Å². The monoisotopic (exact) mass is 450 g/mol. The van der Waals surface area contributed by atoms with E-state index in [1.54, 1.807) is 23.0 Å². The normalized spacial score (nSPS) is 11.9. The van der Waals surface area contributed by atoms with Crippen LogP contribution in [0.25, 0.3) is 22.3 Å². The zero-order valence-corrected chi connectivity index (χ0v) is 18.1. The van der Waals surface area contributed by atoms with Crippen molar-refractivity contribution in [1.29, 1.82) is 0 Å². The molecule has 0 fully saturated rings. The van der Waals surface area contributed by atoms with Gasteiger partial charge in [0, 0.05) is 11.1 Å². The third-order valence-corrected chi connectivity index (χ3v) is 5.90. The van der Waals surface area contributed by atoms with Gasteiger partial charge in [-0.15, -0.1) is 0 Å². The highest BCUT2D eigenvalue weighted by Gasteiger charge is 2.14. The van der Waals surface area contributed by atoms with Gasteiger partial charge in [0.2, 0.25) is 0 Å². The van der Waals surface area contributed by atoms with Crippen LogP contribution in [0.1, 0.15) is 11.1 Å². The molecular formula is C24H19FN2O2S2. The van der Waals surface area contributed by atoms with Crippen LogP contribution in [0.15, 0.2) is 85.1 Å². The summed E-state index contributed by atoms with van der Waals surface area (Å²) in [6.45, 7) is 0.523. The van der Waals surface area contributed by atoms with E-state index in [1.165, 1.54) is 12.1 Å². The number of hydrogen-bond donors (Lipinski definition) is 1. The van der Waals surface area contributed by atoms with Crippen molar-refractivity contribution in [1.82, 2.24) is 9.78 Å². The summed E-state index contributed by atoms with van der Waals surface area (Å²) in [5.74, 6) is -0.245. The summed E-state index contributed by atoms with van der Waals surface area (Å²) in [7, 11) is 0. The van der Waals surface area contributed by atoms with Gasteiger partial charge in [0.25, 0.3) is 0 Å². The molecule has 0 aliphatic heterocycles. The maximum Gasteiger partial charge on any atom is 0.157 e. The lowest BCUT2D eigenvalue weighted by atomic mass is 9.97. The molecule has 156 valence electrons. The number of nitrogens with zero attached hydrogens (tertiary/aromatic N) is 2. The molecule has 31 heavy (non-hydrogen) atoms. The molecule has 0 saturated heterocycles. The Morgan fingerprint density at radius 1 is 0.903 bits per heavy atom. The van der Waals surface area contributed by atoms with Crippen LogP contribution in [-0.4, -0.2) is 18.5 Å². The van der Waals surface area contributed by atoms with E-state index in [4.69, 9.17) is 16.8 Å². The van der Waals surface area contributed by atoms with Crippen molar-refractivity contribution in [3.63, 3.8) is 0 Å². The summed E-state index contributed by atoms with van der Waals surface area (Å²) < 4.78 is 36.0. The van der Waals surface area contributed by atoms with Crippen LogP contribution in [0.2, 0.25) is 0 Å². The van der Waals surface area contributed by atoms with Crippen LogP contribution in [0.5, 0.6) is 0 Å². The molecule has 4 aromatic rings. The van der Waals surface area contributed by atoms with Crippen molar-refractivity contribution < 1.29 is 13.2 Å². The lowest BCUT2D eigenvalue weighted by Gasteiger charge is -2.15. The molecule has 3 aromatic carbocycles. The largest absolute Gasteiger partial charge is 0.306 e. The first-order chi connectivity index (χ1) is 15.0. The molecule has 0 spiro atoms. The summed E-state index contributed by atoms with van der Waals surface area (Å²) in [4.78, 5) is 0. The van der Waals surface area contributed by atoms with Gasteiger partial charge in [0.15, 0.2) is 11.1 Å². The van der Waals surface area contributed by atoms with E-state index in [0.29, 0.717) is 11.2 Å². The SMILES string of the molecule is O=S(O)Cc1ccc(-c2cnn(Cc3ccccc3)c(=S)c2-c2ccc(F)cc2)cc1. The maximum atomic E-state index is 13.6. The molecule has 1 atom stereocenters. The van der Waals surface area contributed by atoms with Crippen molar-refractivity contribution in [2.24, 2.45) is 0 Å². The lowest BCUT2D eigenvalue weighted by Crippen LogP contribution is -2.08. The molecule has 1 unspecified atom stereocenters. The minimum atomic E-state index is -1.90. The molecule has 1 aromatic heterocycles. The Morgan fingerprint density at radius 3 is 2.19 bits per heavy atom. The van der Waals surface area contributed by atoms with Gasteiger partial charge in [-0.05, 0) is 34.4 Å². The van der Waals surface area contributed by atoms with E-state index in [9.17, 15) is 8.60 Å². The second-order valence-corrected chi connectivity index (χ2v) is 8.37. The summed E-state index contributed by atoms with van der Waals surface area (Å²) in [5, 5.41) is 4.57. The van der Waals surface area contributed by atoms with Crippen LogP contribution in [0.4, 0.5) is 4.39 Å². The lowest BCUT2D eigenvalue weighted by molar-refractivity contribution is 0.563. The van der Waals surface area contributed by atoms with Gasteiger partial charge in [-0.3, -0.25) is 0 Å². The van der Waals surface area contributed by atoms with E-state index >= 15 is 0 Å². The Labute approximate surface area is 187 Å². The Bertz CT molecular complexity index is 1270. The first-order valence-corrected chi connectivity index (χ1v) is 11.3. The molecular weight excluding hydrogens is 431 g/mol. The van der Waals surface area contributed by atoms with Crippen LogP contribution in [0.3, 0.4) is 0 Å². The first-order valence-electron chi connectivity index (χ1n) is 9.58. The second kappa shape index (κ2) is 9.43. The average molecular weight is 451 g/mol. The minimum Gasteiger partial charge on any atom is -0.306 e. The van der Waals surface area contributed by atoms with Crippen LogP contribution < -0.4 is 0 Å². The third kappa shape index (κ3) is 5.02. The molecule has 0 radical (unpaired) electrons. The number of hydrogen-bond acceptors (Lipinski definition) is 3. The number of rotatable bonds is 6. The van der Waals surface area contributed by atoms with E-state index in [0.717, 1.165) is 33.4 Å². The van der Waals surface area contributed by atoms with Gasteiger partial charge in [0.1, 0.15) is 10.5 Å². The maximum absolute atomic E-state index is 13.6. The molecule has 1 N–H and O–H groups in total. The predicted octanol–water partition coefficient (Wildman–Crippen LogP) is 5.86. The molecule has 0 aliphatic carbocycles. The molecule has 0 bridgehead atoms. The first kappa shape index (κ1) is 21.2. The van der Waals surface area contributed by atoms with Gasteiger partial charge in [-0.25, -0.2) is 13.3 Å². The fraction of sp³-hybridized carbons (Fsp3) is 0.0833. The number of halogens is 1. The molecule has 0 saturated carbocycles. The smallest absolute Gasteiger partial charge is 0.157 e. The van der Waals surface area contributed by atoms with Crippen molar-refractivity contribution in [2.75, 3.05) is 0 Å². The Kier molecular flexibility index (Phi) is 6.46. The zero-order valence-electron chi connectivity index (χ0n) is 16.4. The Morgan fingerprint density at radius 2 is 1.55 bits per heavy atom. The number of aromatic nitrogens is 2. The van der Waals surface area contributed by atoms with Crippen molar-refractivity contribution in [3.8, 4) is 22.3 Å². The van der Waals surface area contributed by atoms with Crippen LogP contribution in [0, 0.1) is 10.5 Å². The van der Waals surface area contributed by atoms with Gasteiger partial charge in [-0.1, -0.05) is 78.9 Å². The predicted molar refractivity (Wildman–Crippen MR) is 124 cm³/mol. The minimum absolute atomic E-state index is 0.0709. The topological polar surface area (TPSA) is 55.1 Å². The highest BCUT2D eigenvalue weighted by Crippen LogP contribution is 2.33. The van der Waals surface area contributed by atoms with E-state index in [1.807, 2.05) is 54.6 Å². The Balaban J connectivity index is 1.82. The van der Waals surface area contributed by atoms with Crippen LogP contribution >= 0.6 is 12.2 Å². The van der Waals surface area contributed by atoms with Gasteiger partial charge >= 0.3 is 0 Å². The van der Waals surface area contributed by atoms with Gasteiger partial charge in [0.05, 0.1) is 18.5 Å². The molecule has 4 rings (SSSR count). The fourth-order valence-electron chi connectivity index (χ4n) is 3.40. The van der Waals surface area contributed by atoms with Gasteiger partial charge in [-0.2, -0.15) is 5.10 Å². The third-order valence-electron chi connectivity index (χ3n) is 4.91.